The van der Waals surface area contributed by atoms with Gasteiger partial charge >= 0.3 is 5.63 Å². The molecule has 0 saturated carbocycles. The van der Waals surface area contributed by atoms with Crippen LogP contribution in [0.2, 0.25) is 0 Å². The van der Waals surface area contributed by atoms with Gasteiger partial charge in [-0.1, -0.05) is 60.3 Å². The monoisotopic (exact) mass is 484 g/mol. The summed E-state index contributed by atoms with van der Waals surface area (Å²) in [4.78, 5) is 14.6. The minimum absolute atomic E-state index is 0.349. The van der Waals surface area contributed by atoms with Gasteiger partial charge < -0.3 is 14.1 Å². The maximum Gasteiger partial charge on any atom is 0.336 e. The van der Waals surface area contributed by atoms with Gasteiger partial charge in [0.15, 0.2) is 5.16 Å². The number of ether oxygens (including phenoxy) is 1. The molecule has 1 fully saturated rings. The summed E-state index contributed by atoms with van der Waals surface area (Å²) in [7, 11) is 0. The molecule has 8 heteroatoms. The Bertz CT molecular complexity index is 1590. The van der Waals surface area contributed by atoms with Crippen LogP contribution in [0.25, 0.3) is 27.4 Å². The predicted octanol–water partition coefficient (Wildman–Crippen LogP) is 4.96. The Morgan fingerprint density at radius 2 is 1.77 bits per heavy atom. The molecule has 3 aromatic carbocycles. The van der Waals surface area contributed by atoms with Crippen LogP contribution in [0, 0.1) is 6.92 Å². The van der Waals surface area contributed by atoms with Gasteiger partial charge in [0, 0.05) is 30.3 Å². The van der Waals surface area contributed by atoms with Crippen LogP contribution in [0.1, 0.15) is 11.1 Å². The van der Waals surface area contributed by atoms with Crippen molar-refractivity contribution in [2.24, 2.45) is 0 Å². The number of para-hydroxylation sites is 1. The summed E-state index contributed by atoms with van der Waals surface area (Å²) in [5.74, 6) is 1.37. The lowest BCUT2D eigenvalue weighted by Crippen LogP contribution is -2.38. The molecular formula is C27H24N4O3S. The van der Waals surface area contributed by atoms with E-state index in [4.69, 9.17) is 9.15 Å². The molecule has 6 rings (SSSR count). The fraction of sp³-hybridized carbons (Fsp3) is 0.222. The number of morpholine rings is 1. The summed E-state index contributed by atoms with van der Waals surface area (Å²) in [6.07, 6.45) is 0. The van der Waals surface area contributed by atoms with E-state index in [0.29, 0.717) is 24.5 Å². The number of nitrogens with zero attached hydrogens (tertiary/aromatic N) is 4. The molecule has 5 aromatic rings. The molecule has 1 aliphatic heterocycles. The van der Waals surface area contributed by atoms with Crippen LogP contribution in [0.3, 0.4) is 0 Å². The van der Waals surface area contributed by atoms with Gasteiger partial charge in [-0.2, -0.15) is 0 Å². The van der Waals surface area contributed by atoms with Gasteiger partial charge in [0.1, 0.15) is 5.58 Å². The summed E-state index contributed by atoms with van der Waals surface area (Å²) in [5.41, 5.74) is 3.36. The molecule has 0 aliphatic carbocycles. The highest BCUT2D eigenvalue weighted by Gasteiger charge is 2.23. The second-order valence-corrected chi connectivity index (χ2v) is 9.49. The highest BCUT2D eigenvalue weighted by Crippen LogP contribution is 2.34. The minimum atomic E-state index is -0.349. The molecule has 0 unspecified atom stereocenters. The number of rotatable bonds is 5. The quantitative estimate of drug-likeness (QED) is 0.198. The molecule has 35 heavy (non-hydrogen) atoms. The van der Waals surface area contributed by atoms with Crippen molar-refractivity contribution in [3.05, 3.63) is 88.3 Å². The molecule has 1 aliphatic rings. The van der Waals surface area contributed by atoms with Gasteiger partial charge in [-0.25, -0.2) is 4.79 Å². The van der Waals surface area contributed by atoms with Crippen LogP contribution in [0.5, 0.6) is 0 Å². The smallest absolute Gasteiger partial charge is 0.336 e. The predicted molar refractivity (Wildman–Crippen MR) is 139 cm³/mol. The maximum absolute atomic E-state index is 12.4. The Morgan fingerprint density at radius 3 is 2.63 bits per heavy atom. The van der Waals surface area contributed by atoms with Crippen LogP contribution in [0.15, 0.2) is 81.1 Å². The fourth-order valence-electron chi connectivity index (χ4n) is 4.63. The van der Waals surface area contributed by atoms with Crippen LogP contribution in [0.4, 0.5) is 5.95 Å². The summed E-state index contributed by atoms with van der Waals surface area (Å²) < 4.78 is 13.2. The molecule has 0 bridgehead atoms. The Balaban J connectivity index is 1.44. The van der Waals surface area contributed by atoms with E-state index in [9.17, 15) is 4.79 Å². The Labute approximate surface area is 206 Å². The standard InChI is InChI=1S/C27H24N4O3S/c1-18-6-2-5-9-22(18)31-26(30-12-14-33-15-13-30)28-29-27(31)35-17-20-16-24(32)34-23-11-10-19-7-3-4-8-21(19)25(20)23/h2-11,16H,12-15,17H2,1H3. The number of hydrogen-bond acceptors (Lipinski definition) is 7. The number of fused-ring (bicyclic) bond motifs is 3. The van der Waals surface area contributed by atoms with Gasteiger partial charge in [-0.15, -0.1) is 10.2 Å². The van der Waals surface area contributed by atoms with E-state index in [2.05, 4.69) is 50.9 Å². The van der Waals surface area contributed by atoms with E-state index >= 15 is 0 Å². The highest BCUT2D eigenvalue weighted by molar-refractivity contribution is 7.98. The van der Waals surface area contributed by atoms with Gasteiger partial charge in [-0.05, 0) is 41.0 Å². The molecule has 0 radical (unpaired) electrons. The second-order valence-electron chi connectivity index (χ2n) is 8.54. The first-order chi connectivity index (χ1) is 17.2. The molecule has 7 nitrogen and oxygen atoms in total. The van der Waals surface area contributed by atoms with Crippen molar-refractivity contribution in [2.45, 2.75) is 17.8 Å². The summed E-state index contributed by atoms with van der Waals surface area (Å²) in [6, 6.07) is 21.9. The van der Waals surface area contributed by atoms with Crippen LogP contribution in [-0.4, -0.2) is 41.1 Å². The van der Waals surface area contributed by atoms with E-state index in [0.717, 1.165) is 57.2 Å². The van der Waals surface area contributed by atoms with E-state index in [-0.39, 0.29) is 5.63 Å². The zero-order chi connectivity index (χ0) is 23.8. The van der Waals surface area contributed by atoms with Crippen molar-refractivity contribution in [3.8, 4) is 5.69 Å². The van der Waals surface area contributed by atoms with Crippen molar-refractivity contribution in [3.63, 3.8) is 0 Å². The lowest BCUT2D eigenvalue weighted by Gasteiger charge is -2.28. The first-order valence-corrected chi connectivity index (χ1v) is 12.6. The highest BCUT2D eigenvalue weighted by atomic mass is 32.2. The average molecular weight is 485 g/mol. The average Bonchev–Trinajstić information content (AvgIpc) is 3.31. The molecule has 2 aromatic heterocycles. The second kappa shape index (κ2) is 9.20. The van der Waals surface area contributed by atoms with Crippen LogP contribution in [-0.2, 0) is 10.5 Å². The van der Waals surface area contributed by atoms with E-state index < -0.39 is 0 Å². The fourth-order valence-corrected chi connectivity index (χ4v) is 5.55. The van der Waals surface area contributed by atoms with Gasteiger partial charge in [0.05, 0.1) is 18.9 Å². The number of aryl methyl sites for hydroxylation is 1. The van der Waals surface area contributed by atoms with E-state index in [1.54, 1.807) is 17.8 Å². The summed E-state index contributed by atoms with van der Waals surface area (Å²) in [6.45, 7) is 4.97. The third-order valence-electron chi connectivity index (χ3n) is 6.34. The summed E-state index contributed by atoms with van der Waals surface area (Å²) >= 11 is 1.57. The molecule has 0 spiro atoms. The van der Waals surface area contributed by atoms with Crippen molar-refractivity contribution in [1.29, 1.82) is 0 Å². The Morgan fingerprint density at radius 1 is 0.971 bits per heavy atom. The zero-order valence-electron chi connectivity index (χ0n) is 19.3. The van der Waals surface area contributed by atoms with Crippen LogP contribution < -0.4 is 10.5 Å². The lowest BCUT2D eigenvalue weighted by atomic mass is 10.0. The van der Waals surface area contributed by atoms with Crippen molar-refractivity contribution in [1.82, 2.24) is 14.8 Å². The van der Waals surface area contributed by atoms with Gasteiger partial charge in [-0.3, -0.25) is 4.57 Å². The lowest BCUT2D eigenvalue weighted by molar-refractivity contribution is 0.122. The van der Waals surface area contributed by atoms with E-state index in [1.165, 1.54) is 0 Å². The topological polar surface area (TPSA) is 73.4 Å². The van der Waals surface area contributed by atoms with Crippen LogP contribution >= 0.6 is 11.8 Å². The molecule has 1 saturated heterocycles. The van der Waals surface area contributed by atoms with Crippen molar-refractivity contribution >= 4 is 39.5 Å². The van der Waals surface area contributed by atoms with Crippen molar-refractivity contribution in [2.75, 3.05) is 31.2 Å². The zero-order valence-corrected chi connectivity index (χ0v) is 20.1. The molecule has 0 N–H and O–H groups in total. The third kappa shape index (κ3) is 4.09. The first-order valence-electron chi connectivity index (χ1n) is 11.6. The van der Waals surface area contributed by atoms with E-state index in [1.807, 2.05) is 36.4 Å². The van der Waals surface area contributed by atoms with Gasteiger partial charge in [0.25, 0.3) is 0 Å². The SMILES string of the molecule is Cc1ccccc1-n1c(SCc2cc(=O)oc3ccc4ccccc4c23)nnc1N1CCOCC1. The molecule has 3 heterocycles. The number of benzene rings is 3. The third-order valence-corrected chi connectivity index (χ3v) is 7.32. The maximum atomic E-state index is 12.4. The first kappa shape index (κ1) is 21.9. The van der Waals surface area contributed by atoms with Crippen molar-refractivity contribution < 1.29 is 9.15 Å². The normalized spacial score (nSPS) is 14.1. The molecule has 0 amide bonds. The molecule has 0 atom stereocenters. The number of hydrogen-bond donors (Lipinski definition) is 0. The minimum Gasteiger partial charge on any atom is -0.423 e. The molecule has 176 valence electrons. The summed E-state index contributed by atoms with van der Waals surface area (Å²) in [5, 5.41) is 13.1. The number of anilines is 1. The Kier molecular flexibility index (Phi) is 5.75. The largest absolute Gasteiger partial charge is 0.423 e. The Hall–Kier alpha value is -3.62. The van der Waals surface area contributed by atoms with Gasteiger partial charge in [0.2, 0.25) is 5.95 Å². The molecular weight excluding hydrogens is 460 g/mol. The number of thioether (sulfide) groups is 1. The number of aromatic nitrogens is 3.